The third-order valence-corrected chi connectivity index (χ3v) is 5.02. The molecule has 0 atom stereocenters. The molecule has 2 heteroatoms. The number of nitrogens with zero attached hydrogens (tertiary/aromatic N) is 1. The van der Waals surface area contributed by atoms with Crippen LogP contribution in [0.4, 0.5) is 5.69 Å². The number of ether oxygens (including phenoxy) is 1. The van der Waals surface area contributed by atoms with Gasteiger partial charge in [-0.3, -0.25) is 4.99 Å². The molecule has 26 heavy (non-hydrogen) atoms. The Morgan fingerprint density at radius 3 is 2.69 bits per heavy atom. The zero-order chi connectivity index (χ0) is 18.5. The van der Waals surface area contributed by atoms with E-state index >= 15 is 0 Å². The number of aliphatic imine (C=N–C) groups is 1. The minimum Gasteiger partial charge on any atom is -0.496 e. The van der Waals surface area contributed by atoms with Gasteiger partial charge >= 0.3 is 0 Å². The standard InChI is InChI=1S/C24H27NO/c1-5-19-10-8-11-21(24(19)26-4)14-13-17(2)25-23-16-15-20-9-6-7-12-22(20)18(23)3/h5-7,9,12-16H,8,10-11H2,1-4H3/b14-13+,19-5+,25-17+. The average molecular weight is 345 g/mol. The minimum atomic E-state index is 0.999. The summed E-state index contributed by atoms with van der Waals surface area (Å²) in [5.41, 5.74) is 5.82. The fourth-order valence-electron chi connectivity index (χ4n) is 3.58. The Morgan fingerprint density at radius 2 is 1.92 bits per heavy atom. The Kier molecular flexibility index (Phi) is 5.72. The van der Waals surface area contributed by atoms with Gasteiger partial charge in [-0.2, -0.15) is 0 Å². The van der Waals surface area contributed by atoms with E-state index in [1.165, 1.54) is 33.9 Å². The lowest BCUT2D eigenvalue weighted by molar-refractivity contribution is 0.288. The van der Waals surface area contributed by atoms with Crippen molar-refractivity contribution in [1.82, 2.24) is 0 Å². The van der Waals surface area contributed by atoms with Crippen molar-refractivity contribution >= 4 is 22.2 Å². The van der Waals surface area contributed by atoms with Gasteiger partial charge in [0.25, 0.3) is 0 Å². The summed E-state index contributed by atoms with van der Waals surface area (Å²) in [6.45, 7) is 6.27. The van der Waals surface area contributed by atoms with Crippen LogP contribution in [0.3, 0.4) is 0 Å². The Morgan fingerprint density at radius 1 is 1.12 bits per heavy atom. The Balaban J connectivity index is 1.90. The van der Waals surface area contributed by atoms with E-state index < -0.39 is 0 Å². The molecule has 3 rings (SSSR count). The summed E-state index contributed by atoms with van der Waals surface area (Å²) in [5, 5.41) is 2.52. The molecule has 0 spiro atoms. The first kappa shape index (κ1) is 18.2. The van der Waals surface area contributed by atoms with Gasteiger partial charge in [0.15, 0.2) is 0 Å². The van der Waals surface area contributed by atoms with E-state index in [4.69, 9.17) is 9.73 Å². The summed E-state index contributed by atoms with van der Waals surface area (Å²) in [6.07, 6.45) is 9.75. The van der Waals surface area contributed by atoms with Gasteiger partial charge in [-0.1, -0.05) is 42.5 Å². The zero-order valence-electron chi connectivity index (χ0n) is 16.2. The molecule has 2 aromatic rings. The molecule has 0 N–H and O–H groups in total. The fraction of sp³-hybridized carbons (Fsp3) is 0.292. The highest BCUT2D eigenvalue weighted by Gasteiger charge is 2.15. The Bertz CT molecular complexity index is 928. The Hall–Kier alpha value is -2.61. The number of hydrogen-bond donors (Lipinski definition) is 0. The largest absolute Gasteiger partial charge is 0.496 e. The van der Waals surface area contributed by atoms with Crippen molar-refractivity contribution in [3.8, 4) is 0 Å². The van der Waals surface area contributed by atoms with Crippen LogP contribution in [0.25, 0.3) is 10.8 Å². The minimum absolute atomic E-state index is 0.999. The number of aryl methyl sites for hydroxylation is 1. The first-order valence-corrected chi connectivity index (χ1v) is 9.28. The molecule has 0 bridgehead atoms. The lowest BCUT2D eigenvalue weighted by atomic mass is 9.92. The van der Waals surface area contributed by atoms with Crippen LogP contribution in [0, 0.1) is 6.92 Å². The molecular formula is C24H27NO. The van der Waals surface area contributed by atoms with E-state index in [-0.39, 0.29) is 0 Å². The molecular weight excluding hydrogens is 318 g/mol. The van der Waals surface area contributed by atoms with Crippen LogP contribution >= 0.6 is 0 Å². The summed E-state index contributed by atoms with van der Waals surface area (Å²) in [4.78, 5) is 4.83. The maximum absolute atomic E-state index is 5.65. The summed E-state index contributed by atoms with van der Waals surface area (Å²) < 4.78 is 5.65. The number of methoxy groups -OCH3 is 1. The van der Waals surface area contributed by atoms with Gasteiger partial charge in [0.2, 0.25) is 0 Å². The van der Waals surface area contributed by atoms with Gasteiger partial charge < -0.3 is 4.74 Å². The number of hydrogen-bond acceptors (Lipinski definition) is 2. The van der Waals surface area contributed by atoms with Gasteiger partial charge in [-0.15, -0.1) is 0 Å². The maximum atomic E-state index is 5.65. The van der Waals surface area contributed by atoms with E-state index in [1.54, 1.807) is 7.11 Å². The van der Waals surface area contributed by atoms with E-state index in [2.05, 4.69) is 75.4 Å². The quantitative estimate of drug-likeness (QED) is 0.557. The molecule has 1 aliphatic carbocycles. The summed E-state index contributed by atoms with van der Waals surface area (Å²) in [7, 11) is 1.76. The molecule has 0 saturated carbocycles. The summed E-state index contributed by atoms with van der Waals surface area (Å²) in [6, 6.07) is 12.7. The molecule has 0 amide bonds. The predicted molar refractivity (Wildman–Crippen MR) is 112 cm³/mol. The van der Waals surface area contributed by atoms with Crippen LogP contribution in [0.5, 0.6) is 0 Å². The van der Waals surface area contributed by atoms with E-state index in [0.29, 0.717) is 0 Å². The fourth-order valence-corrected chi connectivity index (χ4v) is 3.58. The van der Waals surface area contributed by atoms with Crippen LogP contribution in [0.15, 0.2) is 76.5 Å². The van der Waals surface area contributed by atoms with Crippen LogP contribution in [-0.4, -0.2) is 12.8 Å². The topological polar surface area (TPSA) is 21.6 Å². The SMILES string of the molecule is C/C=C1\CCCC(/C=C/C(C)=N/c2ccc3ccccc3c2C)=C1OC. The molecule has 1 aliphatic rings. The molecule has 0 fully saturated rings. The molecule has 0 unspecified atom stereocenters. The number of fused-ring (bicyclic) bond motifs is 1. The predicted octanol–water partition coefficient (Wildman–Crippen LogP) is 6.83. The van der Waals surface area contributed by atoms with Gasteiger partial charge in [-0.05, 0) is 79.7 Å². The van der Waals surface area contributed by atoms with Gasteiger partial charge in [0.05, 0.1) is 12.8 Å². The summed E-state index contributed by atoms with van der Waals surface area (Å²) >= 11 is 0. The molecule has 0 aromatic heterocycles. The first-order valence-electron chi connectivity index (χ1n) is 9.28. The lowest BCUT2D eigenvalue weighted by Gasteiger charge is -2.20. The molecule has 2 nitrogen and oxygen atoms in total. The van der Waals surface area contributed by atoms with Gasteiger partial charge in [0.1, 0.15) is 5.76 Å². The lowest BCUT2D eigenvalue weighted by Crippen LogP contribution is -2.04. The number of rotatable bonds is 4. The number of allylic oxidation sites excluding steroid dienone is 5. The van der Waals surface area contributed by atoms with E-state index in [1.807, 2.05) is 0 Å². The molecule has 0 saturated heterocycles. The monoisotopic (exact) mass is 345 g/mol. The van der Waals surface area contributed by atoms with Crippen molar-refractivity contribution in [2.75, 3.05) is 7.11 Å². The van der Waals surface area contributed by atoms with Crippen molar-refractivity contribution in [3.05, 3.63) is 77.1 Å². The molecule has 0 aliphatic heterocycles. The van der Waals surface area contributed by atoms with Crippen LogP contribution in [0.2, 0.25) is 0 Å². The van der Waals surface area contributed by atoms with Crippen molar-refractivity contribution in [1.29, 1.82) is 0 Å². The smallest absolute Gasteiger partial charge is 0.124 e. The second-order valence-electron chi connectivity index (χ2n) is 6.74. The van der Waals surface area contributed by atoms with E-state index in [0.717, 1.165) is 30.0 Å². The average Bonchev–Trinajstić information content (AvgIpc) is 2.68. The second kappa shape index (κ2) is 8.18. The zero-order valence-corrected chi connectivity index (χ0v) is 16.2. The highest BCUT2D eigenvalue weighted by atomic mass is 16.5. The van der Waals surface area contributed by atoms with Crippen molar-refractivity contribution < 1.29 is 4.74 Å². The maximum Gasteiger partial charge on any atom is 0.124 e. The summed E-state index contributed by atoms with van der Waals surface area (Å²) in [5.74, 6) is 1.03. The van der Waals surface area contributed by atoms with Crippen LogP contribution in [0.1, 0.15) is 38.7 Å². The van der Waals surface area contributed by atoms with Crippen LogP contribution in [-0.2, 0) is 4.74 Å². The van der Waals surface area contributed by atoms with Gasteiger partial charge in [0, 0.05) is 5.71 Å². The second-order valence-corrected chi connectivity index (χ2v) is 6.74. The number of benzene rings is 2. The van der Waals surface area contributed by atoms with Crippen molar-refractivity contribution in [2.24, 2.45) is 4.99 Å². The Labute approximate surface area is 156 Å². The highest BCUT2D eigenvalue weighted by Crippen LogP contribution is 2.31. The third kappa shape index (κ3) is 3.80. The van der Waals surface area contributed by atoms with Gasteiger partial charge in [-0.25, -0.2) is 0 Å². The van der Waals surface area contributed by atoms with Crippen LogP contribution < -0.4 is 0 Å². The normalized spacial score (nSPS) is 17.5. The highest BCUT2D eigenvalue weighted by molar-refractivity contribution is 5.97. The third-order valence-electron chi connectivity index (χ3n) is 5.02. The van der Waals surface area contributed by atoms with Crippen molar-refractivity contribution in [2.45, 2.75) is 40.0 Å². The first-order chi connectivity index (χ1) is 12.6. The molecule has 0 heterocycles. The molecule has 134 valence electrons. The molecule has 2 aromatic carbocycles. The van der Waals surface area contributed by atoms with Crippen molar-refractivity contribution in [3.63, 3.8) is 0 Å². The van der Waals surface area contributed by atoms with E-state index in [9.17, 15) is 0 Å². The molecule has 0 radical (unpaired) electrons.